The molecule has 23 heavy (non-hydrogen) atoms. The zero-order valence-corrected chi connectivity index (χ0v) is 12.9. The van der Waals surface area contributed by atoms with Crippen LogP contribution in [-0.2, 0) is 6.42 Å². The number of para-hydroxylation sites is 1. The molecule has 4 rings (SSSR count). The number of amides is 2. The van der Waals surface area contributed by atoms with E-state index in [2.05, 4.69) is 18.3 Å². The van der Waals surface area contributed by atoms with E-state index in [1.807, 2.05) is 35.2 Å². The molecule has 2 aromatic carbocycles. The van der Waals surface area contributed by atoms with Crippen molar-refractivity contribution in [1.82, 2.24) is 0 Å². The molecular weight excluding hydrogens is 292 g/mol. The molecule has 2 heterocycles. The Hall–Kier alpha value is -2.69. The molecular formula is C18H18N2O3. The van der Waals surface area contributed by atoms with Gasteiger partial charge < -0.3 is 14.8 Å². The molecule has 0 radical (unpaired) electrons. The van der Waals surface area contributed by atoms with Gasteiger partial charge in [0.05, 0.1) is 0 Å². The third-order valence-corrected chi connectivity index (χ3v) is 4.22. The first kappa shape index (κ1) is 13.9. The fraction of sp³-hybridized carbons (Fsp3) is 0.278. The first-order chi connectivity index (χ1) is 11.2. The predicted molar refractivity (Wildman–Crippen MR) is 88.5 cm³/mol. The lowest BCUT2D eigenvalue weighted by molar-refractivity contribution is 0.171. The van der Waals surface area contributed by atoms with Crippen LogP contribution in [-0.4, -0.2) is 25.3 Å². The van der Waals surface area contributed by atoms with Gasteiger partial charge in [-0.05, 0) is 37.1 Å². The minimum Gasteiger partial charge on any atom is -0.486 e. The highest BCUT2D eigenvalue weighted by atomic mass is 16.6. The van der Waals surface area contributed by atoms with E-state index in [1.54, 1.807) is 6.07 Å². The van der Waals surface area contributed by atoms with E-state index in [0.717, 1.165) is 12.1 Å². The third-order valence-electron chi connectivity index (χ3n) is 4.22. The maximum absolute atomic E-state index is 12.7. The van der Waals surface area contributed by atoms with Crippen molar-refractivity contribution in [2.75, 3.05) is 23.4 Å². The predicted octanol–water partition coefficient (Wildman–Crippen LogP) is 3.44. The van der Waals surface area contributed by atoms with Crippen molar-refractivity contribution >= 4 is 17.4 Å². The highest BCUT2D eigenvalue weighted by Crippen LogP contribution is 2.34. The summed E-state index contributed by atoms with van der Waals surface area (Å²) in [4.78, 5) is 14.5. The summed E-state index contributed by atoms with van der Waals surface area (Å²) in [5.74, 6) is 1.39. The van der Waals surface area contributed by atoms with Crippen molar-refractivity contribution in [2.24, 2.45) is 0 Å². The number of nitrogens with one attached hydrogen (secondary N) is 1. The van der Waals surface area contributed by atoms with E-state index in [-0.39, 0.29) is 12.1 Å². The van der Waals surface area contributed by atoms with Gasteiger partial charge in [0.2, 0.25) is 0 Å². The minimum atomic E-state index is -0.126. The molecule has 1 N–H and O–H groups in total. The molecule has 0 fully saturated rings. The van der Waals surface area contributed by atoms with Gasteiger partial charge in [0.1, 0.15) is 13.2 Å². The van der Waals surface area contributed by atoms with Gasteiger partial charge in [0, 0.05) is 23.5 Å². The lowest BCUT2D eigenvalue weighted by Crippen LogP contribution is -2.39. The van der Waals surface area contributed by atoms with Crippen molar-refractivity contribution in [1.29, 1.82) is 0 Å². The number of rotatable bonds is 1. The highest BCUT2D eigenvalue weighted by molar-refractivity contribution is 6.03. The van der Waals surface area contributed by atoms with E-state index >= 15 is 0 Å². The monoisotopic (exact) mass is 310 g/mol. The Balaban J connectivity index is 1.56. The van der Waals surface area contributed by atoms with Gasteiger partial charge in [-0.25, -0.2) is 4.79 Å². The standard InChI is InChI=1S/C18H18N2O3/c1-12-10-13-4-2-3-5-15(13)20(12)18(21)19-14-6-7-16-17(11-14)23-9-8-22-16/h2-7,11-12H,8-10H2,1H3,(H,19,21)/t12-/m1/s1. The molecule has 5 heteroatoms. The van der Waals surface area contributed by atoms with E-state index < -0.39 is 0 Å². The zero-order valence-electron chi connectivity index (χ0n) is 12.9. The third kappa shape index (κ3) is 2.48. The number of carbonyl (C=O) groups is 1. The number of fused-ring (bicyclic) bond motifs is 2. The first-order valence-electron chi connectivity index (χ1n) is 7.80. The fourth-order valence-electron chi connectivity index (χ4n) is 3.18. The molecule has 2 aliphatic rings. The fourth-order valence-corrected chi connectivity index (χ4v) is 3.18. The van der Waals surface area contributed by atoms with E-state index in [4.69, 9.17) is 9.47 Å². The Kier molecular flexibility index (Phi) is 3.33. The normalized spacial score (nSPS) is 18.5. The van der Waals surface area contributed by atoms with Gasteiger partial charge in [0.15, 0.2) is 11.5 Å². The summed E-state index contributed by atoms with van der Waals surface area (Å²) in [7, 11) is 0. The summed E-state index contributed by atoms with van der Waals surface area (Å²) in [6.45, 7) is 3.14. The summed E-state index contributed by atoms with van der Waals surface area (Å²) < 4.78 is 11.1. The van der Waals surface area contributed by atoms with Gasteiger partial charge in [-0.1, -0.05) is 18.2 Å². The number of anilines is 2. The van der Waals surface area contributed by atoms with Crippen molar-refractivity contribution in [3.05, 3.63) is 48.0 Å². The SMILES string of the molecule is C[C@@H]1Cc2ccccc2N1C(=O)Nc1ccc2c(c1)OCCO2. The van der Waals surface area contributed by atoms with E-state index in [1.165, 1.54) is 5.56 Å². The average molecular weight is 310 g/mol. The average Bonchev–Trinajstić information content (AvgIpc) is 2.90. The van der Waals surface area contributed by atoms with E-state index in [0.29, 0.717) is 30.4 Å². The number of nitrogens with zero attached hydrogens (tertiary/aromatic N) is 1. The maximum atomic E-state index is 12.7. The molecule has 0 saturated carbocycles. The summed E-state index contributed by atoms with van der Waals surface area (Å²) in [5.41, 5.74) is 2.89. The van der Waals surface area contributed by atoms with E-state index in [9.17, 15) is 4.79 Å². The molecule has 5 nitrogen and oxygen atoms in total. The van der Waals surface area contributed by atoms with Crippen LogP contribution in [0.15, 0.2) is 42.5 Å². The summed E-state index contributed by atoms with van der Waals surface area (Å²) in [6, 6.07) is 13.5. The Bertz CT molecular complexity index is 760. The summed E-state index contributed by atoms with van der Waals surface area (Å²) in [6.07, 6.45) is 0.880. The van der Waals surface area contributed by atoms with Crippen molar-refractivity contribution < 1.29 is 14.3 Å². The van der Waals surface area contributed by atoms with Crippen molar-refractivity contribution in [3.8, 4) is 11.5 Å². The topological polar surface area (TPSA) is 50.8 Å². The van der Waals surface area contributed by atoms with Crippen LogP contribution in [0.3, 0.4) is 0 Å². The molecule has 0 saturated heterocycles. The number of hydrogen-bond acceptors (Lipinski definition) is 3. The minimum absolute atomic E-state index is 0.126. The second-order valence-corrected chi connectivity index (χ2v) is 5.84. The number of hydrogen-bond donors (Lipinski definition) is 1. The molecule has 0 aliphatic carbocycles. The smallest absolute Gasteiger partial charge is 0.326 e. The van der Waals surface area contributed by atoms with Gasteiger partial charge >= 0.3 is 6.03 Å². The molecule has 2 aromatic rings. The Morgan fingerprint density at radius 2 is 1.91 bits per heavy atom. The van der Waals surface area contributed by atoms with Crippen LogP contribution in [0.1, 0.15) is 12.5 Å². The Labute approximate surface area is 134 Å². The van der Waals surface area contributed by atoms with Crippen LogP contribution in [0.5, 0.6) is 11.5 Å². The van der Waals surface area contributed by atoms with Gasteiger partial charge in [-0.3, -0.25) is 4.90 Å². The number of urea groups is 1. The molecule has 0 aromatic heterocycles. The lowest BCUT2D eigenvalue weighted by Gasteiger charge is -2.24. The van der Waals surface area contributed by atoms with Crippen LogP contribution in [0, 0.1) is 0 Å². The molecule has 0 unspecified atom stereocenters. The maximum Gasteiger partial charge on any atom is 0.326 e. The molecule has 0 spiro atoms. The van der Waals surface area contributed by atoms with Crippen LogP contribution in [0.4, 0.5) is 16.2 Å². The van der Waals surface area contributed by atoms with Gasteiger partial charge in [-0.2, -0.15) is 0 Å². The van der Waals surface area contributed by atoms with Crippen LogP contribution < -0.4 is 19.7 Å². The molecule has 2 amide bonds. The molecule has 0 bridgehead atoms. The van der Waals surface area contributed by atoms with Crippen LogP contribution in [0.25, 0.3) is 0 Å². The van der Waals surface area contributed by atoms with Crippen LogP contribution >= 0.6 is 0 Å². The molecule has 2 aliphatic heterocycles. The largest absolute Gasteiger partial charge is 0.486 e. The second-order valence-electron chi connectivity index (χ2n) is 5.84. The number of carbonyl (C=O) groups excluding carboxylic acids is 1. The lowest BCUT2D eigenvalue weighted by atomic mass is 10.1. The van der Waals surface area contributed by atoms with Crippen molar-refractivity contribution in [3.63, 3.8) is 0 Å². The summed E-state index contributed by atoms with van der Waals surface area (Å²) in [5, 5.41) is 2.96. The summed E-state index contributed by atoms with van der Waals surface area (Å²) >= 11 is 0. The van der Waals surface area contributed by atoms with Crippen LogP contribution in [0.2, 0.25) is 0 Å². The zero-order chi connectivity index (χ0) is 15.8. The highest BCUT2D eigenvalue weighted by Gasteiger charge is 2.30. The Morgan fingerprint density at radius 3 is 2.78 bits per heavy atom. The van der Waals surface area contributed by atoms with Gasteiger partial charge in [0.25, 0.3) is 0 Å². The quantitative estimate of drug-likeness (QED) is 0.878. The van der Waals surface area contributed by atoms with Gasteiger partial charge in [-0.15, -0.1) is 0 Å². The Morgan fingerprint density at radius 1 is 1.13 bits per heavy atom. The first-order valence-corrected chi connectivity index (χ1v) is 7.80. The molecule has 118 valence electrons. The number of benzene rings is 2. The molecule has 1 atom stereocenters. The second kappa shape index (κ2) is 5.50. The van der Waals surface area contributed by atoms with Crippen molar-refractivity contribution in [2.45, 2.75) is 19.4 Å². The number of ether oxygens (including phenoxy) is 2.